The standard InChI is InChI=1S/C17H26N2O/c1-13-11-14(5-9-19-13)16(18)15-6-10-20-17(12-15)7-3-2-4-8-17/h5,9,11,15-16H,2-4,6-8,10,12,18H2,1H3. The van der Waals surface area contributed by atoms with Crippen LogP contribution in [-0.4, -0.2) is 17.2 Å². The number of rotatable bonds is 2. The predicted octanol–water partition coefficient (Wildman–Crippen LogP) is 3.52. The van der Waals surface area contributed by atoms with Gasteiger partial charge in [0.15, 0.2) is 0 Å². The summed E-state index contributed by atoms with van der Waals surface area (Å²) in [6.45, 7) is 2.91. The lowest BCUT2D eigenvalue weighted by Crippen LogP contribution is -2.44. The van der Waals surface area contributed by atoms with Crippen molar-refractivity contribution in [3.05, 3.63) is 29.6 Å². The van der Waals surface area contributed by atoms with Gasteiger partial charge in [-0.25, -0.2) is 0 Å². The number of aromatic nitrogens is 1. The number of hydrogen-bond donors (Lipinski definition) is 1. The van der Waals surface area contributed by atoms with Crippen LogP contribution < -0.4 is 5.73 Å². The van der Waals surface area contributed by atoms with Crippen LogP contribution in [-0.2, 0) is 4.74 Å². The van der Waals surface area contributed by atoms with Crippen LogP contribution in [0.2, 0.25) is 0 Å². The zero-order valence-corrected chi connectivity index (χ0v) is 12.5. The molecule has 0 aromatic carbocycles. The Labute approximate surface area is 121 Å². The van der Waals surface area contributed by atoms with Crippen LogP contribution in [0.4, 0.5) is 0 Å². The molecule has 1 saturated carbocycles. The Bertz CT molecular complexity index is 449. The first-order valence-electron chi connectivity index (χ1n) is 8.01. The van der Waals surface area contributed by atoms with Crippen LogP contribution in [0, 0.1) is 12.8 Å². The molecule has 1 aromatic rings. The lowest BCUT2D eigenvalue weighted by atomic mass is 9.73. The van der Waals surface area contributed by atoms with Crippen molar-refractivity contribution >= 4 is 0 Å². The Morgan fingerprint density at radius 2 is 2.15 bits per heavy atom. The maximum Gasteiger partial charge on any atom is 0.0685 e. The average Bonchev–Trinajstić information content (AvgIpc) is 2.47. The lowest BCUT2D eigenvalue weighted by Gasteiger charge is -2.45. The third-order valence-electron chi connectivity index (χ3n) is 5.11. The van der Waals surface area contributed by atoms with Gasteiger partial charge in [-0.15, -0.1) is 0 Å². The Morgan fingerprint density at radius 1 is 1.35 bits per heavy atom. The molecule has 2 atom stereocenters. The van der Waals surface area contributed by atoms with Crippen molar-refractivity contribution in [3.8, 4) is 0 Å². The van der Waals surface area contributed by atoms with Crippen molar-refractivity contribution in [2.24, 2.45) is 11.7 Å². The molecule has 0 bridgehead atoms. The fourth-order valence-electron chi connectivity index (χ4n) is 3.96. The summed E-state index contributed by atoms with van der Waals surface area (Å²) in [5, 5.41) is 0. The number of aryl methyl sites for hydroxylation is 1. The van der Waals surface area contributed by atoms with E-state index in [-0.39, 0.29) is 11.6 Å². The first-order chi connectivity index (χ1) is 9.69. The molecule has 0 radical (unpaired) electrons. The zero-order valence-electron chi connectivity index (χ0n) is 12.5. The van der Waals surface area contributed by atoms with E-state index in [1.807, 2.05) is 13.1 Å². The molecule has 2 unspecified atom stereocenters. The monoisotopic (exact) mass is 274 g/mol. The maximum absolute atomic E-state index is 6.55. The van der Waals surface area contributed by atoms with E-state index in [0.29, 0.717) is 5.92 Å². The largest absolute Gasteiger partial charge is 0.375 e. The van der Waals surface area contributed by atoms with Gasteiger partial charge in [0.05, 0.1) is 5.60 Å². The molecule has 3 rings (SSSR count). The minimum atomic E-state index is 0.124. The van der Waals surface area contributed by atoms with Crippen LogP contribution in [0.15, 0.2) is 18.3 Å². The first kappa shape index (κ1) is 14.0. The molecule has 20 heavy (non-hydrogen) atoms. The third kappa shape index (κ3) is 2.89. The average molecular weight is 274 g/mol. The second kappa shape index (κ2) is 5.82. The Hall–Kier alpha value is -0.930. The summed E-state index contributed by atoms with van der Waals surface area (Å²) in [5.41, 5.74) is 8.97. The smallest absolute Gasteiger partial charge is 0.0685 e. The molecule has 0 amide bonds. The Balaban J connectivity index is 1.73. The van der Waals surface area contributed by atoms with Gasteiger partial charge >= 0.3 is 0 Å². The Morgan fingerprint density at radius 3 is 2.90 bits per heavy atom. The highest BCUT2D eigenvalue weighted by Gasteiger charge is 2.40. The summed E-state index contributed by atoms with van der Waals surface area (Å²) in [6.07, 6.45) is 10.6. The molecule has 1 aromatic heterocycles. The minimum absolute atomic E-state index is 0.124. The normalized spacial score (nSPS) is 27.4. The van der Waals surface area contributed by atoms with E-state index in [4.69, 9.17) is 10.5 Å². The highest BCUT2D eigenvalue weighted by atomic mass is 16.5. The fraction of sp³-hybridized carbons (Fsp3) is 0.706. The molecule has 1 aliphatic heterocycles. The molecule has 2 N–H and O–H groups in total. The summed E-state index contributed by atoms with van der Waals surface area (Å²) in [6, 6.07) is 4.33. The predicted molar refractivity (Wildman–Crippen MR) is 80.4 cm³/mol. The highest BCUT2D eigenvalue weighted by molar-refractivity contribution is 5.20. The van der Waals surface area contributed by atoms with Crippen LogP contribution in [0.1, 0.15) is 62.2 Å². The van der Waals surface area contributed by atoms with Crippen LogP contribution >= 0.6 is 0 Å². The second-order valence-corrected chi connectivity index (χ2v) is 6.60. The zero-order chi connectivity index (χ0) is 14.0. The summed E-state index contributed by atoms with van der Waals surface area (Å²) in [7, 11) is 0. The molecule has 3 nitrogen and oxygen atoms in total. The lowest BCUT2D eigenvalue weighted by molar-refractivity contribution is -0.120. The Kier molecular flexibility index (Phi) is 4.08. The van der Waals surface area contributed by atoms with E-state index in [1.54, 1.807) is 0 Å². The number of pyridine rings is 1. The van der Waals surface area contributed by atoms with E-state index in [9.17, 15) is 0 Å². The quantitative estimate of drug-likeness (QED) is 0.897. The number of nitrogens with two attached hydrogens (primary N) is 1. The molecular weight excluding hydrogens is 248 g/mol. The van der Waals surface area contributed by atoms with Gasteiger partial charge in [-0.05, 0) is 56.2 Å². The van der Waals surface area contributed by atoms with Crippen molar-refractivity contribution in [1.29, 1.82) is 0 Å². The molecule has 110 valence electrons. The second-order valence-electron chi connectivity index (χ2n) is 6.60. The highest BCUT2D eigenvalue weighted by Crippen LogP contribution is 2.43. The van der Waals surface area contributed by atoms with Gasteiger partial charge in [-0.3, -0.25) is 4.98 Å². The van der Waals surface area contributed by atoms with Crippen LogP contribution in [0.3, 0.4) is 0 Å². The van der Waals surface area contributed by atoms with Crippen LogP contribution in [0.25, 0.3) is 0 Å². The van der Waals surface area contributed by atoms with Gasteiger partial charge in [0.1, 0.15) is 0 Å². The van der Waals surface area contributed by atoms with Crippen molar-refractivity contribution in [2.75, 3.05) is 6.61 Å². The van der Waals surface area contributed by atoms with E-state index in [2.05, 4.69) is 17.1 Å². The van der Waals surface area contributed by atoms with Gasteiger partial charge in [0.25, 0.3) is 0 Å². The van der Waals surface area contributed by atoms with E-state index < -0.39 is 0 Å². The van der Waals surface area contributed by atoms with Crippen molar-refractivity contribution in [3.63, 3.8) is 0 Å². The molecule has 1 saturated heterocycles. The number of hydrogen-bond acceptors (Lipinski definition) is 3. The summed E-state index contributed by atoms with van der Waals surface area (Å²) in [5.74, 6) is 0.545. The van der Waals surface area contributed by atoms with Gasteiger partial charge < -0.3 is 10.5 Å². The molecule has 1 aliphatic carbocycles. The summed E-state index contributed by atoms with van der Waals surface area (Å²) >= 11 is 0. The fourth-order valence-corrected chi connectivity index (χ4v) is 3.96. The molecule has 2 heterocycles. The number of nitrogens with zero attached hydrogens (tertiary/aromatic N) is 1. The van der Waals surface area contributed by atoms with Gasteiger partial charge in [0.2, 0.25) is 0 Å². The van der Waals surface area contributed by atoms with Gasteiger partial charge in [0, 0.05) is 24.5 Å². The van der Waals surface area contributed by atoms with Crippen molar-refractivity contribution in [1.82, 2.24) is 4.98 Å². The van der Waals surface area contributed by atoms with E-state index in [1.165, 1.54) is 37.7 Å². The van der Waals surface area contributed by atoms with E-state index in [0.717, 1.165) is 25.1 Å². The number of ether oxygens (including phenoxy) is 1. The summed E-state index contributed by atoms with van der Waals surface area (Å²) < 4.78 is 6.18. The van der Waals surface area contributed by atoms with Gasteiger partial charge in [-0.2, -0.15) is 0 Å². The molecule has 2 fully saturated rings. The maximum atomic E-state index is 6.55. The van der Waals surface area contributed by atoms with Crippen molar-refractivity contribution < 1.29 is 4.74 Å². The van der Waals surface area contributed by atoms with E-state index >= 15 is 0 Å². The first-order valence-corrected chi connectivity index (χ1v) is 8.01. The van der Waals surface area contributed by atoms with Gasteiger partial charge in [-0.1, -0.05) is 19.3 Å². The topological polar surface area (TPSA) is 48.1 Å². The third-order valence-corrected chi connectivity index (χ3v) is 5.11. The minimum Gasteiger partial charge on any atom is -0.375 e. The van der Waals surface area contributed by atoms with Crippen molar-refractivity contribution in [2.45, 2.75) is 63.5 Å². The molecule has 1 spiro atoms. The van der Waals surface area contributed by atoms with Crippen LogP contribution in [0.5, 0.6) is 0 Å². The SMILES string of the molecule is Cc1cc(C(N)C2CCOC3(CCCCC3)C2)ccn1. The summed E-state index contributed by atoms with van der Waals surface area (Å²) in [4.78, 5) is 4.27. The molecule has 3 heteroatoms. The molecular formula is C17H26N2O. The molecule has 2 aliphatic rings.